The Balaban J connectivity index is 1.57. The number of H-pyrrole nitrogens is 1. The number of halogens is 3. The van der Waals surface area contributed by atoms with Crippen molar-refractivity contribution in [1.29, 1.82) is 5.26 Å². The number of hydrogen-bond donors (Lipinski definition) is 1. The van der Waals surface area contributed by atoms with Crippen LogP contribution in [0.4, 0.5) is 19.0 Å². The summed E-state index contributed by atoms with van der Waals surface area (Å²) in [5, 5.41) is 10.4. The summed E-state index contributed by atoms with van der Waals surface area (Å²) in [7, 11) is 0. The van der Waals surface area contributed by atoms with Gasteiger partial charge in [-0.15, -0.1) is 0 Å². The van der Waals surface area contributed by atoms with Crippen LogP contribution in [0.1, 0.15) is 35.6 Å². The van der Waals surface area contributed by atoms with Crippen molar-refractivity contribution in [3.05, 3.63) is 59.4 Å². The van der Waals surface area contributed by atoms with Crippen LogP contribution in [0, 0.1) is 11.3 Å². The van der Waals surface area contributed by atoms with Crippen LogP contribution in [-0.2, 0) is 6.18 Å². The largest absolute Gasteiger partial charge is 0.433 e. The Morgan fingerprint density at radius 2 is 1.85 bits per heavy atom. The first kappa shape index (κ1) is 17.4. The number of pyridine rings is 1. The fourth-order valence-electron chi connectivity index (χ4n) is 3.77. The molecule has 0 spiro atoms. The third-order valence-electron chi connectivity index (χ3n) is 5.14. The highest BCUT2D eigenvalue weighted by molar-refractivity contribution is 5.83. The zero-order valence-corrected chi connectivity index (χ0v) is 14.4. The quantitative estimate of drug-likeness (QED) is 0.702. The topological polar surface area (TPSA) is 55.7 Å². The van der Waals surface area contributed by atoms with Crippen LogP contribution in [0.15, 0.2) is 42.6 Å². The number of aromatic nitrogens is 2. The van der Waals surface area contributed by atoms with Crippen molar-refractivity contribution in [1.82, 2.24) is 9.97 Å². The van der Waals surface area contributed by atoms with Gasteiger partial charge in [-0.3, -0.25) is 0 Å². The predicted molar refractivity (Wildman–Crippen MR) is 96.4 cm³/mol. The van der Waals surface area contributed by atoms with E-state index >= 15 is 0 Å². The summed E-state index contributed by atoms with van der Waals surface area (Å²) in [5.41, 5.74) is 1.53. The Labute approximate surface area is 154 Å². The Morgan fingerprint density at radius 1 is 1.11 bits per heavy atom. The molecule has 1 aromatic carbocycles. The number of nitriles is 1. The van der Waals surface area contributed by atoms with E-state index in [-0.39, 0.29) is 11.4 Å². The molecule has 1 aliphatic rings. The predicted octanol–water partition coefficient (Wildman–Crippen LogP) is 4.84. The van der Waals surface area contributed by atoms with Crippen molar-refractivity contribution in [3.8, 4) is 6.07 Å². The SMILES string of the molecule is N#Cc1ccc(C(F)(F)F)nc1N1CCC(c2c[nH]c3ccccc23)CC1. The van der Waals surface area contributed by atoms with E-state index in [4.69, 9.17) is 0 Å². The summed E-state index contributed by atoms with van der Waals surface area (Å²) >= 11 is 0. The normalized spacial score (nSPS) is 15.9. The maximum Gasteiger partial charge on any atom is 0.433 e. The molecule has 3 aromatic rings. The number of rotatable bonds is 2. The molecule has 1 saturated heterocycles. The summed E-state index contributed by atoms with van der Waals surface area (Å²) in [4.78, 5) is 8.82. The minimum atomic E-state index is -4.52. The third kappa shape index (κ3) is 3.23. The molecule has 7 heteroatoms. The molecule has 27 heavy (non-hydrogen) atoms. The van der Waals surface area contributed by atoms with Gasteiger partial charge in [-0.25, -0.2) is 4.98 Å². The molecule has 4 rings (SSSR count). The molecule has 0 unspecified atom stereocenters. The van der Waals surface area contributed by atoms with Crippen LogP contribution in [0.5, 0.6) is 0 Å². The van der Waals surface area contributed by atoms with Gasteiger partial charge < -0.3 is 9.88 Å². The smallest absolute Gasteiger partial charge is 0.361 e. The van der Waals surface area contributed by atoms with Gasteiger partial charge in [-0.05, 0) is 42.5 Å². The summed E-state index contributed by atoms with van der Waals surface area (Å²) < 4.78 is 39.0. The number of anilines is 1. The van der Waals surface area contributed by atoms with E-state index in [0.29, 0.717) is 19.0 Å². The van der Waals surface area contributed by atoms with Gasteiger partial charge in [0.05, 0.1) is 5.56 Å². The van der Waals surface area contributed by atoms with Crippen molar-refractivity contribution in [3.63, 3.8) is 0 Å². The number of aromatic amines is 1. The molecular formula is C20H17F3N4. The van der Waals surface area contributed by atoms with E-state index in [9.17, 15) is 18.4 Å². The van der Waals surface area contributed by atoms with Gasteiger partial charge in [0, 0.05) is 30.2 Å². The second kappa shape index (κ2) is 6.62. The number of nitrogens with one attached hydrogen (secondary N) is 1. The Morgan fingerprint density at radius 3 is 2.56 bits per heavy atom. The molecule has 4 nitrogen and oxygen atoms in total. The number of para-hydroxylation sites is 1. The first-order valence-corrected chi connectivity index (χ1v) is 8.76. The summed E-state index contributed by atoms with van der Waals surface area (Å²) in [6, 6.07) is 12.1. The first-order valence-electron chi connectivity index (χ1n) is 8.76. The van der Waals surface area contributed by atoms with Gasteiger partial charge in [0.25, 0.3) is 0 Å². The number of hydrogen-bond acceptors (Lipinski definition) is 3. The molecule has 1 aliphatic heterocycles. The van der Waals surface area contributed by atoms with Crippen LogP contribution in [-0.4, -0.2) is 23.1 Å². The zero-order chi connectivity index (χ0) is 19.0. The molecule has 1 fully saturated rings. The van der Waals surface area contributed by atoms with E-state index in [1.165, 1.54) is 17.0 Å². The lowest BCUT2D eigenvalue weighted by atomic mass is 9.89. The highest BCUT2D eigenvalue weighted by Crippen LogP contribution is 2.36. The van der Waals surface area contributed by atoms with E-state index in [1.807, 2.05) is 30.5 Å². The average molecular weight is 370 g/mol. The molecule has 0 bridgehead atoms. The molecule has 0 radical (unpaired) electrons. The monoisotopic (exact) mass is 370 g/mol. The standard InChI is InChI=1S/C20H17F3N4/c21-20(22,23)18-6-5-14(11-24)19(26-18)27-9-7-13(8-10-27)16-12-25-17-4-2-1-3-15(16)17/h1-6,12-13,25H,7-10H2. The maximum absolute atomic E-state index is 13.0. The Bertz CT molecular complexity index is 1010. The van der Waals surface area contributed by atoms with Crippen molar-refractivity contribution in [2.75, 3.05) is 18.0 Å². The van der Waals surface area contributed by atoms with Gasteiger partial charge >= 0.3 is 6.18 Å². The second-order valence-electron chi connectivity index (χ2n) is 6.73. The minimum Gasteiger partial charge on any atom is -0.361 e. The zero-order valence-electron chi connectivity index (χ0n) is 14.4. The number of benzene rings is 1. The lowest BCUT2D eigenvalue weighted by molar-refractivity contribution is -0.141. The highest BCUT2D eigenvalue weighted by atomic mass is 19.4. The molecule has 0 aliphatic carbocycles. The average Bonchev–Trinajstić information content (AvgIpc) is 3.11. The van der Waals surface area contributed by atoms with Crippen LogP contribution >= 0.6 is 0 Å². The summed E-state index contributed by atoms with van der Waals surface area (Å²) in [5.74, 6) is 0.457. The second-order valence-corrected chi connectivity index (χ2v) is 6.73. The van der Waals surface area contributed by atoms with Crippen LogP contribution in [0.3, 0.4) is 0 Å². The van der Waals surface area contributed by atoms with Gasteiger partial charge in [0.1, 0.15) is 17.6 Å². The lowest BCUT2D eigenvalue weighted by Crippen LogP contribution is -2.34. The summed E-state index contributed by atoms with van der Waals surface area (Å²) in [6.07, 6.45) is -0.908. The fourth-order valence-corrected chi connectivity index (χ4v) is 3.77. The Hall–Kier alpha value is -3.01. The van der Waals surface area contributed by atoms with Crippen LogP contribution in [0.2, 0.25) is 0 Å². The molecule has 138 valence electrons. The van der Waals surface area contributed by atoms with Gasteiger partial charge in [0.15, 0.2) is 0 Å². The molecule has 0 atom stereocenters. The third-order valence-corrected chi connectivity index (χ3v) is 5.14. The highest BCUT2D eigenvalue weighted by Gasteiger charge is 2.34. The fraction of sp³-hybridized carbons (Fsp3) is 0.300. The van der Waals surface area contributed by atoms with Crippen molar-refractivity contribution >= 4 is 16.7 Å². The van der Waals surface area contributed by atoms with Gasteiger partial charge in [-0.2, -0.15) is 18.4 Å². The summed E-state index contributed by atoms with van der Waals surface area (Å²) in [6.45, 7) is 1.13. The van der Waals surface area contributed by atoms with Gasteiger partial charge in [-0.1, -0.05) is 18.2 Å². The minimum absolute atomic E-state index is 0.129. The molecule has 2 aromatic heterocycles. The van der Waals surface area contributed by atoms with Crippen molar-refractivity contribution in [2.45, 2.75) is 24.9 Å². The number of fused-ring (bicyclic) bond motifs is 1. The molecular weight excluding hydrogens is 353 g/mol. The number of alkyl halides is 3. The van der Waals surface area contributed by atoms with Crippen LogP contribution < -0.4 is 4.90 Å². The van der Waals surface area contributed by atoms with E-state index < -0.39 is 11.9 Å². The van der Waals surface area contributed by atoms with Crippen LogP contribution in [0.25, 0.3) is 10.9 Å². The number of nitrogens with zero attached hydrogens (tertiary/aromatic N) is 3. The number of piperidine rings is 1. The van der Waals surface area contributed by atoms with E-state index in [1.54, 1.807) is 4.90 Å². The van der Waals surface area contributed by atoms with Crippen molar-refractivity contribution in [2.24, 2.45) is 0 Å². The lowest BCUT2D eigenvalue weighted by Gasteiger charge is -2.33. The van der Waals surface area contributed by atoms with Crippen molar-refractivity contribution < 1.29 is 13.2 Å². The molecule has 3 heterocycles. The maximum atomic E-state index is 13.0. The molecule has 1 N–H and O–H groups in total. The molecule has 0 saturated carbocycles. The van der Waals surface area contributed by atoms with Gasteiger partial charge in [0.2, 0.25) is 0 Å². The Kier molecular flexibility index (Phi) is 4.27. The first-order chi connectivity index (χ1) is 13.0. The van der Waals surface area contributed by atoms with E-state index in [2.05, 4.69) is 16.0 Å². The molecule has 0 amide bonds. The van der Waals surface area contributed by atoms with E-state index in [0.717, 1.165) is 24.4 Å².